The molecule has 1 aromatic carbocycles. The summed E-state index contributed by atoms with van der Waals surface area (Å²) in [6.07, 6.45) is 6.97. The number of hydrogen-bond acceptors (Lipinski definition) is 3. The van der Waals surface area contributed by atoms with Gasteiger partial charge in [-0.15, -0.1) is 12.4 Å². The van der Waals surface area contributed by atoms with Crippen LogP contribution in [0.4, 0.5) is 0 Å². The molecule has 126 valence electrons. The maximum Gasteiger partial charge on any atom is 0.240 e. The maximum atomic E-state index is 12.1. The van der Waals surface area contributed by atoms with Gasteiger partial charge in [0, 0.05) is 12.6 Å². The zero-order chi connectivity index (χ0) is 15.3. The first kappa shape index (κ1) is 19.4. The number of nitrogens with one attached hydrogen (secondary N) is 1. The summed E-state index contributed by atoms with van der Waals surface area (Å²) < 4.78 is 26.9. The Balaban J connectivity index is 0.00000242. The quantitative estimate of drug-likeness (QED) is 0.831. The van der Waals surface area contributed by atoms with E-state index >= 15 is 0 Å². The Morgan fingerprint density at radius 3 is 2.32 bits per heavy atom. The van der Waals surface area contributed by atoms with Crippen molar-refractivity contribution in [3.63, 3.8) is 0 Å². The van der Waals surface area contributed by atoms with Crippen LogP contribution in [0.2, 0.25) is 0 Å². The third kappa shape index (κ3) is 5.54. The summed E-state index contributed by atoms with van der Waals surface area (Å²) in [7, 11) is -3.41. The fourth-order valence-electron chi connectivity index (χ4n) is 2.86. The molecule has 0 spiro atoms. The predicted octanol–water partition coefficient (Wildman–Crippen LogP) is 3.17. The highest BCUT2D eigenvalue weighted by Crippen LogP contribution is 2.32. The van der Waals surface area contributed by atoms with Crippen LogP contribution in [0, 0.1) is 0 Å². The normalized spacial score (nSPS) is 17.7. The Bertz CT molecular complexity index is 538. The summed E-state index contributed by atoms with van der Waals surface area (Å²) in [6, 6.07) is 7.38. The van der Waals surface area contributed by atoms with Crippen LogP contribution in [-0.4, -0.2) is 21.0 Å². The average molecular weight is 347 g/mol. The second-order valence-corrected chi connectivity index (χ2v) is 7.83. The number of sulfonamides is 1. The maximum absolute atomic E-state index is 12.1. The van der Waals surface area contributed by atoms with Gasteiger partial charge in [0.15, 0.2) is 0 Å². The lowest BCUT2D eigenvalue weighted by Crippen LogP contribution is -2.29. The van der Waals surface area contributed by atoms with Gasteiger partial charge in [-0.3, -0.25) is 0 Å². The van der Waals surface area contributed by atoms with Gasteiger partial charge in [-0.05, 0) is 49.8 Å². The van der Waals surface area contributed by atoms with E-state index in [9.17, 15) is 8.42 Å². The largest absolute Gasteiger partial charge is 0.328 e. The first-order valence-electron chi connectivity index (χ1n) is 7.84. The highest BCUT2D eigenvalue weighted by Gasteiger charge is 2.17. The third-order valence-corrected chi connectivity index (χ3v) is 5.64. The molecule has 0 saturated heterocycles. The molecule has 1 aliphatic rings. The fraction of sp³-hybridized carbons (Fsp3) is 0.625. The molecule has 0 aliphatic heterocycles. The van der Waals surface area contributed by atoms with Crippen LogP contribution < -0.4 is 10.5 Å². The zero-order valence-corrected chi connectivity index (χ0v) is 14.8. The lowest BCUT2D eigenvalue weighted by molar-refractivity contribution is 0.443. The fourth-order valence-corrected chi connectivity index (χ4v) is 3.91. The molecular formula is C16H27ClN2O2S. The predicted molar refractivity (Wildman–Crippen MR) is 93.0 cm³/mol. The van der Waals surface area contributed by atoms with Gasteiger partial charge in [0.05, 0.1) is 4.90 Å². The second kappa shape index (κ2) is 8.87. The van der Waals surface area contributed by atoms with Crippen LogP contribution >= 0.6 is 12.4 Å². The molecule has 22 heavy (non-hydrogen) atoms. The second-order valence-electron chi connectivity index (χ2n) is 6.07. The Kier molecular flexibility index (Phi) is 7.83. The van der Waals surface area contributed by atoms with E-state index in [2.05, 4.69) is 4.72 Å². The molecule has 0 aromatic heterocycles. The first-order chi connectivity index (χ1) is 9.99. The number of hydrogen-bond donors (Lipinski definition) is 2. The molecule has 0 heterocycles. The minimum atomic E-state index is -3.41. The molecule has 1 unspecified atom stereocenters. The van der Waals surface area contributed by atoms with Crippen molar-refractivity contribution in [3.8, 4) is 0 Å². The molecule has 6 heteroatoms. The summed E-state index contributed by atoms with van der Waals surface area (Å²) in [5, 5.41) is 0. The zero-order valence-electron chi connectivity index (χ0n) is 13.1. The summed E-state index contributed by atoms with van der Waals surface area (Å²) in [5.74, 6) is 0.599. The molecule has 0 bridgehead atoms. The summed E-state index contributed by atoms with van der Waals surface area (Å²) in [5.41, 5.74) is 6.90. The van der Waals surface area contributed by atoms with Gasteiger partial charge < -0.3 is 5.73 Å². The Labute approximate surface area is 140 Å². The molecule has 0 amide bonds. The van der Waals surface area contributed by atoms with Crippen LogP contribution in [-0.2, 0) is 10.0 Å². The van der Waals surface area contributed by atoms with Crippen LogP contribution in [0.5, 0.6) is 0 Å². The topological polar surface area (TPSA) is 72.2 Å². The lowest BCUT2D eigenvalue weighted by Gasteiger charge is -2.22. The van der Waals surface area contributed by atoms with E-state index in [1.807, 2.05) is 19.1 Å². The third-order valence-electron chi connectivity index (χ3n) is 4.16. The van der Waals surface area contributed by atoms with Crippen molar-refractivity contribution in [2.45, 2.75) is 62.3 Å². The minimum Gasteiger partial charge on any atom is -0.328 e. The molecule has 1 atom stereocenters. The van der Waals surface area contributed by atoms with E-state index in [0.29, 0.717) is 23.8 Å². The van der Waals surface area contributed by atoms with Crippen molar-refractivity contribution in [1.29, 1.82) is 0 Å². The number of halogens is 1. The van der Waals surface area contributed by atoms with Crippen molar-refractivity contribution in [1.82, 2.24) is 4.72 Å². The van der Waals surface area contributed by atoms with E-state index in [4.69, 9.17) is 5.73 Å². The van der Waals surface area contributed by atoms with Crippen LogP contribution in [0.25, 0.3) is 0 Å². The van der Waals surface area contributed by atoms with Crippen molar-refractivity contribution in [2.75, 3.05) is 6.54 Å². The summed E-state index contributed by atoms with van der Waals surface area (Å²) in [6.45, 7) is 2.25. The number of benzene rings is 1. The van der Waals surface area contributed by atoms with Crippen LogP contribution in [0.15, 0.2) is 29.2 Å². The van der Waals surface area contributed by atoms with Gasteiger partial charge >= 0.3 is 0 Å². The molecule has 0 radical (unpaired) electrons. The summed E-state index contributed by atoms with van der Waals surface area (Å²) in [4.78, 5) is 0.340. The monoisotopic (exact) mass is 346 g/mol. The van der Waals surface area contributed by atoms with Gasteiger partial charge in [0.2, 0.25) is 10.0 Å². The van der Waals surface area contributed by atoms with Gasteiger partial charge in [-0.1, -0.05) is 31.4 Å². The minimum absolute atomic E-state index is 0. The standard InChI is InChI=1S/C16H26N2O2S.ClH/c1-13(17)11-12-18-21(19,20)16-9-7-15(8-10-16)14-5-3-2-4-6-14;/h7-10,13-14,18H,2-6,11-12,17H2,1H3;1H. The Hall–Kier alpha value is -0.620. The molecule has 2 rings (SSSR count). The Morgan fingerprint density at radius 1 is 1.18 bits per heavy atom. The number of nitrogens with two attached hydrogens (primary N) is 1. The first-order valence-corrected chi connectivity index (χ1v) is 9.32. The van der Waals surface area contributed by atoms with E-state index in [1.165, 1.54) is 37.7 Å². The molecule has 1 fully saturated rings. The van der Waals surface area contributed by atoms with E-state index in [-0.39, 0.29) is 18.4 Å². The lowest BCUT2D eigenvalue weighted by atomic mass is 9.84. The van der Waals surface area contributed by atoms with Crippen molar-refractivity contribution >= 4 is 22.4 Å². The summed E-state index contributed by atoms with van der Waals surface area (Å²) >= 11 is 0. The molecule has 1 aliphatic carbocycles. The van der Waals surface area contributed by atoms with E-state index < -0.39 is 10.0 Å². The van der Waals surface area contributed by atoms with Gasteiger partial charge in [0.1, 0.15) is 0 Å². The molecular weight excluding hydrogens is 320 g/mol. The van der Waals surface area contributed by atoms with Gasteiger partial charge in [0.25, 0.3) is 0 Å². The van der Waals surface area contributed by atoms with Crippen molar-refractivity contribution < 1.29 is 8.42 Å². The van der Waals surface area contributed by atoms with Crippen molar-refractivity contribution in [2.24, 2.45) is 5.73 Å². The molecule has 1 saturated carbocycles. The molecule has 3 N–H and O–H groups in total. The van der Waals surface area contributed by atoms with Gasteiger partial charge in [-0.2, -0.15) is 0 Å². The highest BCUT2D eigenvalue weighted by molar-refractivity contribution is 7.89. The SMILES string of the molecule is CC(N)CCNS(=O)(=O)c1ccc(C2CCCCC2)cc1.Cl. The average Bonchev–Trinajstić information content (AvgIpc) is 2.48. The van der Waals surface area contributed by atoms with E-state index in [1.54, 1.807) is 12.1 Å². The van der Waals surface area contributed by atoms with Crippen LogP contribution in [0.3, 0.4) is 0 Å². The molecule has 4 nitrogen and oxygen atoms in total. The van der Waals surface area contributed by atoms with E-state index in [0.717, 1.165) is 0 Å². The molecule has 1 aromatic rings. The van der Waals surface area contributed by atoms with Crippen molar-refractivity contribution in [3.05, 3.63) is 29.8 Å². The smallest absolute Gasteiger partial charge is 0.240 e. The van der Waals surface area contributed by atoms with Gasteiger partial charge in [-0.25, -0.2) is 13.1 Å². The highest BCUT2D eigenvalue weighted by atomic mass is 35.5. The van der Waals surface area contributed by atoms with Crippen LogP contribution in [0.1, 0.15) is 56.9 Å². The Morgan fingerprint density at radius 2 is 1.77 bits per heavy atom. The number of rotatable bonds is 6.